The molecule has 0 unspecified atom stereocenters. The lowest BCUT2D eigenvalue weighted by molar-refractivity contribution is 0.100. The number of amides is 1. The van der Waals surface area contributed by atoms with Crippen molar-refractivity contribution in [2.45, 2.75) is 18.9 Å². The Morgan fingerprint density at radius 3 is 2.86 bits per heavy atom. The van der Waals surface area contributed by atoms with E-state index >= 15 is 0 Å². The first-order valence-electron chi connectivity index (χ1n) is 9.74. The topological polar surface area (TPSA) is 97.0 Å². The van der Waals surface area contributed by atoms with Gasteiger partial charge >= 0.3 is 0 Å². The fraction of sp³-hybridized carbons (Fsp3) is 0.227. The molecule has 2 aromatic carbocycles. The Kier molecular flexibility index (Phi) is 4.08. The molecule has 3 N–H and O–H groups in total. The summed E-state index contributed by atoms with van der Waals surface area (Å²) in [4.78, 5) is 34.6. The van der Waals surface area contributed by atoms with Crippen molar-refractivity contribution in [1.82, 2.24) is 14.5 Å². The third kappa shape index (κ3) is 2.86. The number of H-pyrrole nitrogens is 1. The van der Waals surface area contributed by atoms with E-state index in [0.717, 1.165) is 41.5 Å². The second-order valence-electron chi connectivity index (χ2n) is 7.48. The van der Waals surface area contributed by atoms with Gasteiger partial charge in [0.15, 0.2) is 0 Å². The van der Waals surface area contributed by atoms with Gasteiger partial charge in [-0.2, -0.15) is 0 Å². The summed E-state index contributed by atoms with van der Waals surface area (Å²) in [5, 5.41) is 1.61. The molecule has 29 heavy (non-hydrogen) atoms. The number of fused-ring (bicyclic) bond motifs is 2. The summed E-state index contributed by atoms with van der Waals surface area (Å²) in [5.74, 6) is -0.450. The first-order valence-corrected chi connectivity index (χ1v) is 9.74. The molecule has 5 rings (SSSR count). The molecule has 1 amide bonds. The number of piperidine rings is 1. The average Bonchev–Trinajstić information content (AvgIpc) is 3.23. The lowest BCUT2D eigenvalue weighted by Gasteiger charge is -2.35. The van der Waals surface area contributed by atoms with E-state index in [4.69, 9.17) is 5.73 Å². The largest absolute Gasteiger partial charge is 0.369 e. The highest BCUT2D eigenvalue weighted by atomic mass is 16.1. The molecule has 0 spiro atoms. The summed E-state index contributed by atoms with van der Waals surface area (Å²) < 4.78 is 1.76. The third-order valence-electron chi connectivity index (χ3n) is 5.79. The van der Waals surface area contributed by atoms with Crippen molar-refractivity contribution in [1.29, 1.82) is 0 Å². The van der Waals surface area contributed by atoms with Crippen molar-refractivity contribution in [3.8, 4) is 0 Å². The molecule has 0 radical (unpaired) electrons. The van der Waals surface area contributed by atoms with Crippen LogP contribution >= 0.6 is 0 Å². The van der Waals surface area contributed by atoms with Crippen molar-refractivity contribution in [3.05, 3.63) is 70.9 Å². The summed E-state index contributed by atoms with van der Waals surface area (Å²) in [5.41, 5.74) is 8.50. The maximum absolute atomic E-state index is 13.0. The number of primary amides is 1. The van der Waals surface area contributed by atoms with Crippen LogP contribution in [0.4, 0.5) is 5.69 Å². The van der Waals surface area contributed by atoms with Gasteiger partial charge in [-0.25, -0.2) is 4.98 Å². The molecule has 1 fully saturated rings. The zero-order valence-electron chi connectivity index (χ0n) is 15.8. The molecule has 1 saturated heterocycles. The predicted molar refractivity (Wildman–Crippen MR) is 113 cm³/mol. The Morgan fingerprint density at radius 1 is 1.14 bits per heavy atom. The van der Waals surface area contributed by atoms with E-state index in [1.54, 1.807) is 17.0 Å². The molecule has 7 heteroatoms. The first kappa shape index (κ1) is 17.5. The number of nitrogens with one attached hydrogen (secondary N) is 1. The molecule has 1 atom stereocenters. The van der Waals surface area contributed by atoms with E-state index < -0.39 is 5.91 Å². The highest BCUT2D eigenvalue weighted by molar-refractivity contribution is 6.08. The van der Waals surface area contributed by atoms with E-state index in [-0.39, 0.29) is 11.6 Å². The van der Waals surface area contributed by atoms with Crippen molar-refractivity contribution in [3.63, 3.8) is 0 Å². The zero-order chi connectivity index (χ0) is 20.0. The second-order valence-corrected chi connectivity index (χ2v) is 7.48. The van der Waals surface area contributed by atoms with Crippen LogP contribution < -0.4 is 16.2 Å². The van der Waals surface area contributed by atoms with E-state index in [2.05, 4.69) is 14.9 Å². The van der Waals surface area contributed by atoms with Crippen LogP contribution in [0, 0.1) is 0 Å². The first-order chi connectivity index (χ1) is 14.1. The molecule has 3 heterocycles. The van der Waals surface area contributed by atoms with Crippen molar-refractivity contribution >= 4 is 33.4 Å². The van der Waals surface area contributed by atoms with Crippen LogP contribution in [0.3, 0.4) is 0 Å². The molecule has 146 valence electrons. The lowest BCUT2D eigenvalue weighted by atomic mass is 10.0. The summed E-state index contributed by atoms with van der Waals surface area (Å²) >= 11 is 0. The normalized spacial score (nSPS) is 17.1. The Hall–Kier alpha value is -3.61. The fourth-order valence-electron chi connectivity index (χ4n) is 4.37. The second kappa shape index (κ2) is 6.77. The minimum absolute atomic E-state index is 0.00156. The highest BCUT2D eigenvalue weighted by Gasteiger charge is 2.25. The van der Waals surface area contributed by atoms with Gasteiger partial charge in [-0.05, 0) is 43.2 Å². The number of benzene rings is 2. The van der Waals surface area contributed by atoms with E-state index in [9.17, 15) is 9.59 Å². The molecular formula is C22H21N5O2. The quantitative estimate of drug-likeness (QED) is 0.565. The number of rotatable bonds is 3. The number of aromatic amines is 1. The average molecular weight is 387 g/mol. The highest BCUT2D eigenvalue weighted by Crippen LogP contribution is 2.32. The minimum atomic E-state index is -0.450. The summed E-state index contributed by atoms with van der Waals surface area (Å²) in [6, 6.07) is 13.2. The standard InChI is InChI=1S/C22H21N5O2/c23-21(28)17-7-8-19(16-9-10-24-20(16)17)26-11-3-4-14(12-26)27-13-25-18-6-2-1-5-15(18)22(27)29/h1-2,5-10,13-14,24H,3-4,11-12H2,(H2,23,28)/t14-/m1/s1. The zero-order valence-corrected chi connectivity index (χ0v) is 15.8. The molecular weight excluding hydrogens is 366 g/mol. The van der Waals surface area contributed by atoms with Gasteiger partial charge in [0, 0.05) is 30.4 Å². The van der Waals surface area contributed by atoms with E-state index in [0.29, 0.717) is 17.5 Å². The third-order valence-corrected chi connectivity index (χ3v) is 5.79. The van der Waals surface area contributed by atoms with Gasteiger partial charge in [-0.1, -0.05) is 12.1 Å². The molecule has 0 aliphatic carbocycles. The number of hydrogen-bond acceptors (Lipinski definition) is 4. The number of carbonyl (C=O) groups excluding carboxylic acids is 1. The van der Waals surface area contributed by atoms with Crippen LogP contribution in [0.15, 0.2) is 59.8 Å². The Labute approximate surface area is 166 Å². The maximum Gasteiger partial charge on any atom is 0.261 e. The molecule has 4 aromatic rings. The number of para-hydroxylation sites is 1. The SMILES string of the molecule is NC(=O)c1ccc(N2CCC[C@@H](n3cnc4ccccc4c3=O)C2)c2cc[nH]c12. The molecule has 2 aromatic heterocycles. The molecule has 0 saturated carbocycles. The lowest BCUT2D eigenvalue weighted by Crippen LogP contribution is -2.40. The number of nitrogens with two attached hydrogens (primary N) is 1. The van der Waals surface area contributed by atoms with E-state index in [1.165, 1.54) is 0 Å². The summed E-state index contributed by atoms with van der Waals surface area (Å²) in [6.07, 6.45) is 5.38. The van der Waals surface area contributed by atoms with Gasteiger partial charge in [-0.15, -0.1) is 0 Å². The smallest absolute Gasteiger partial charge is 0.261 e. The Balaban J connectivity index is 1.52. The van der Waals surface area contributed by atoms with Crippen molar-refractivity contribution in [2.75, 3.05) is 18.0 Å². The molecule has 1 aliphatic heterocycles. The van der Waals surface area contributed by atoms with Gasteiger partial charge < -0.3 is 15.6 Å². The molecule has 1 aliphatic rings. The summed E-state index contributed by atoms with van der Waals surface area (Å²) in [7, 11) is 0. The number of hydrogen-bond donors (Lipinski definition) is 2. The number of anilines is 1. The van der Waals surface area contributed by atoms with Gasteiger partial charge in [0.1, 0.15) is 0 Å². The van der Waals surface area contributed by atoms with Gasteiger partial charge in [0.25, 0.3) is 11.5 Å². The number of carbonyl (C=O) groups is 1. The predicted octanol–water partition coefficient (Wildman–Crippen LogP) is 2.82. The fourth-order valence-corrected chi connectivity index (χ4v) is 4.37. The van der Waals surface area contributed by atoms with Gasteiger partial charge in [-0.3, -0.25) is 14.2 Å². The monoisotopic (exact) mass is 387 g/mol. The Bertz CT molecular complexity index is 1290. The summed E-state index contributed by atoms with van der Waals surface area (Å²) in [6.45, 7) is 1.60. The van der Waals surface area contributed by atoms with Crippen LogP contribution in [-0.4, -0.2) is 33.5 Å². The molecule has 0 bridgehead atoms. The van der Waals surface area contributed by atoms with Crippen molar-refractivity contribution in [2.24, 2.45) is 5.73 Å². The maximum atomic E-state index is 13.0. The number of aromatic nitrogens is 3. The van der Waals surface area contributed by atoms with Crippen LogP contribution in [0.1, 0.15) is 29.2 Å². The van der Waals surface area contributed by atoms with Gasteiger partial charge in [0.2, 0.25) is 0 Å². The molecule has 7 nitrogen and oxygen atoms in total. The van der Waals surface area contributed by atoms with Crippen LogP contribution in [0.5, 0.6) is 0 Å². The van der Waals surface area contributed by atoms with E-state index in [1.807, 2.05) is 42.6 Å². The Morgan fingerprint density at radius 2 is 2.00 bits per heavy atom. The van der Waals surface area contributed by atoms with Crippen LogP contribution in [0.2, 0.25) is 0 Å². The van der Waals surface area contributed by atoms with Crippen LogP contribution in [0.25, 0.3) is 21.8 Å². The number of nitrogens with zero attached hydrogens (tertiary/aromatic N) is 3. The van der Waals surface area contributed by atoms with Crippen LogP contribution in [-0.2, 0) is 0 Å². The van der Waals surface area contributed by atoms with Crippen molar-refractivity contribution < 1.29 is 4.79 Å². The minimum Gasteiger partial charge on any atom is -0.369 e. The van der Waals surface area contributed by atoms with Gasteiger partial charge in [0.05, 0.1) is 34.4 Å².